The van der Waals surface area contributed by atoms with Gasteiger partial charge in [-0.25, -0.2) is 4.72 Å². The van der Waals surface area contributed by atoms with Crippen molar-refractivity contribution in [2.45, 2.75) is 54.0 Å². The van der Waals surface area contributed by atoms with Gasteiger partial charge in [0, 0.05) is 26.2 Å². The Morgan fingerprint density at radius 1 is 1.15 bits per heavy atom. The molecule has 0 rings (SSSR count). The van der Waals surface area contributed by atoms with E-state index >= 15 is 0 Å². The number of rotatable bonds is 10. The molecule has 0 aliphatic heterocycles. The lowest BCUT2D eigenvalue weighted by Crippen LogP contribution is -2.44. The molecule has 0 saturated carbocycles. The predicted octanol–water partition coefficient (Wildman–Crippen LogP) is 1.82. The molecule has 0 bridgehead atoms. The Morgan fingerprint density at radius 3 is 2.15 bits per heavy atom. The zero-order valence-corrected chi connectivity index (χ0v) is 15.0. The Balaban J connectivity index is 4.22. The van der Waals surface area contributed by atoms with Crippen molar-refractivity contribution in [2.24, 2.45) is 11.3 Å². The molecule has 0 unspecified atom stereocenters. The van der Waals surface area contributed by atoms with Crippen LogP contribution in [0.3, 0.4) is 0 Å². The van der Waals surface area contributed by atoms with Crippen LogP contribution in [0.1, 0.15) is 48.0 Å². The van der Waals surface area contributed by atoms with Crippen molar-refractivity contribution in [2.75, 3.05) is 26.7 Å². The molecule has 0 fully saturated rings. The van der Waals surface area contributed by atoms with E-state index in [1.165, 1.54) is 4.31 Å². The summed E-state index contributed by atoms with van der Waals surface area (Å²) in [5.41, 5.74) is -0.0485. The van der Waals surface area contributed by atoms with Crippen molar-refractivity contribution >= 4 is 10.2 Å². The highest BCUT2D eigenvalue weighted by molar-refractivity contribution is 7.87. The molecule has 0 spiro atoms. The second-order valence-electron chi connectivity index (χ2n) is 6.75. The molecule has 0 radical (unpaired) electrons. The summed E-state index contributed by atoms with van der Waals surface area (Å²) in [7, 11) is -1.75. The van der Waals surface area contributed by atoms with Gasteiger partial charge in [0.25, 0.3) is 10.2 Å². The summed E-state index contributed by atoms with van der Waals surface area (Å²) in [5, 5.41) is 3.28. The fraction of sp³-hybridized carbons (Fsp3) is 1.00. The summed E-state index contributed by atoms with van der Waals surface area (Å²) in [6, 6.07) is 0.432. The van der Waals surface area contributed by atoms with Crippen molar-refractivity contribution < 1.29 is 8.42 Å². The number of hydrogen-bond donors (Lipinski definition) is 2. The molecule has 0 amide bonds. The van der Waals surface area contributed by atoms with Crippen LogP contribution in [-0.4, -0.2) is 45.4 Å². The van der Waals surface area contributed by atoms with Gasteiger partial charge < -0.3 is 5.32 Å². The van der Waals surface area contributed by atoms with Crippen LogP contribution < -0.4 is 10.0 Å². The van der Waals surface area contributed by atoms with Crippen molar-refractivity contribution in [3.8, 4) is 0 Å². The molecule has 0 aromatic rings. The molecule has 0 atom stereocenters. The SMILES string of the molecule is CC(C)NCCCN(C)S(=O)(=O)NCC(C)(C)C(C)C. The van der Waals surface area contributed by atoms with Gasteiger partial charge in [0.15, 0.2) is 0 Å². The summed E-state index contributed by atoms with van der Waals surface area (Å²) >= 11 is 0. The number of hydrogen-bond acceptors (Lipinski definition) is 3. The lowest BCUT2D eigenvalue weighted by Gasteiger charge is -2.30. The average Bonchev–Trinajstić information content (AvgIpc) is 2.31. The third-order valence-electron chi connectivity index (χ3n) is 3.89. The summed E-state index contributed by atoms with van der Waals surface area (Å²) < 4.78 is 28.3. The van der Waals surface area contributed by atoms with Crippen molar-refractivity contribution in [3.63, 3.8) is 0 Å². The van der Waals surface area contributed by atoms with Gasteiger partial charge in [-0.1, -0.05) is 41.5 Å². The van der Waals surface area contributed by atoms with Gasteiger partial charge in [-0.2, -0.15) is 12.7 Å². The van der Waals surface area contributed by atoms with Gasteiger partial charge in [-0.3, -0.25) is 0 Å². The highest BCUT2D eigenvalue weighted by Gasteiger charge is 2.26. The average molecular weight is 308 g/mol. The van der Waals surface area contributed by atoms with Crippen LogP contribution in [0.2, 0.25) is 0 Å². The van der Waals surface area contributed by atoms with E-state index < -0.39 is 10.2 Å². The molecule has 0 aromatic heterocycles. The van der Waals surface area contributed by atoms with Crippen LogP contribution in [0.15, 0.2) is 0 Å². The third-order valence-corrected chi connectivity index (χ3v) is 5.40. The maximum atomic E-state index is 12.1. The molecule has 20 heavy (non-hydrogen) atoms. The normalized spacial score (nSPS) is 13.7. The third kappa shape index (κ3) is 7.57. The van der Waals surface area contributed by atoms with Crippen LogP contribution >= 0.6 is 0 Å². The molecule has 0 aliphatic rings. The van der Waals surface area contributed by atoms with E-state index in [0.717, 1.165) is 13.0 Å². The minimum Gasteiger partial charge on any atom is -0.314 e. The van der Waals surface area contributed by atoms with Crippen LogP contribution in [0.4, 0.5) is 0 Å². The van der Waals surface area contributed by atoms with E-state index in [1.54, 1.807) is 7.05 Å². The van der Waals surface area contributed by atoms with E-state index in [4.69, 9.17) is 0 Å². The van der Waals surface area contributed by atoms with Crippen molar-refractivity contribution in [1.29, 1.82) is 0 Å². The van der Waals surface area contributed by atoms with Gasteiger partial charge in [-0.05, 0) is 24.3 Å². The van der Waals surface area contributed by atoms with Gasteiger partial charge >= 0.3 is 0 Å². The van der Waals surface area contributed by atoms with Gasteiger partial charge in [0.2, 0.25) is 0 Å². The summed E-state index contributed by atoms with van der Waals surface area (Å²) in [6.07, 6.45) is 0.809. The molecule has 2 N–H and O–H groups in total. The second kappa shape index (κ2) is 8.32. The first-order chi connectivity index (χ1) is 8.99. The molecular formula is C14H33N3O2S. The topological polar surface area (TPSA) is 61.4 Å². The molecule has 0 heterocycles. The molecule has 0 aliphatic carbocycles. The van der Waals surface area contributed by atoms with Crippen LogP contribution in [0.25, 0.3) is 0 Å². The Labute approximate surface area is 125 Å². The largest absolute Gasteiger partial charge is 0.314 e. The van der Waals surface area contributed by atoms with Gasteiger partial charge in [0.1, 0.15) is 0 Å². The molecular weight excluding hydrogens is 274 g/mol. The lowest BCUT2D eigenvalue weighted by molar-refractivity contribution is 0.250. The van der Waals surface area contributed by atoms with Gasteiger partial charge in [-0.15, -0.1) is 0 Å². The Morgan fingerprint density at radius 2 is 1.70 bits per heavy atom. The lowest BCUT2D eigenvalue weighted by atomic mass is 9.81. The highest BCUT2D eigenvalue weighted by Crippen LogP contribution is 2.24. The van der Waals surface area contributed by atoms with E-state index in [-0.39, 0.29) is 5.41 Å². The standard InChI is InChI=1S/C14H33N3O2S/c1-12(2)14(5,6)11-16-20(18,19)17(7)10-8-9-15-13(3)4/h12-13,15-16H,8-11H2,1-7H3. The Hall–Kier alpha value is -0.170. The predicted molar refractivity (Wildman–Crippen MR) is 85.9 cm³/mol. The molecule has 5 nitrogen and oxygen atoms in total. The van der Waals surface area contributed by atoms with E-state index in [9.17, 15) is 8.42 Å². The maximum absolute atomic E-state index is 12.1. The van der Waals surface area contributed by atoms with E-state index in [0.29, 0.717) is 25.0 Å². The van der Waals surface area contributed by atoms with E-state index in [2.05, 4.69) is 51.6 Å². The summed E-state index contributed by atoms with van der Waals surface area (Å²) in [6.45, 7) is 14.3. The quantitative estimate of drug-likeness (QED) is 0.605. The monoisotopic (exact) mass is 307 g/mol. The Bertz CT molecular complexity index is 365. The van der Waals surface area contributed by atoms with Crippen LogP contribution in [0, 0.1) is 11.3 Å². The first-order valence-corrected chi connectivity index (χ1v) is 8.87. The zero-order valence-electron chi connectivity index (χ0n) is 14.2. The van der Waals surface area contributed by atoms with Gasteiger partial charge in [0.05, 0.1) is 0 Å². The minimum atomic E-state index is -3.37. The maximum Gasteiger partial charge on any atom is 0.279 e. The molecule has 122 valence electrons. The minimum absolute atomic E-state index is 0.0485. The number of nitrogens with zero attached hydrogens (tertiary/aromatic N) is 1. The van der Waals surface area contributed by atoms with E-state index in [1.807, 2.05) is 0 Å². The molecule has 6 heteroatoms. The summed E-state index contributed by atoms with van der Waals surface area (Å²) in [4.78, 5) is 0. The fourth-order valence-electron chi connectivity index (χ4n) is 1.40. The first-order valence-electron chi connectivity index (χ1n) is 7.43. The molecule has 0 aromatic carbocycles. The van der Waals surface area contributed by atoms with Crippen LogP contribution in [-0.2, 0) is 10.2 Å². The smallest absolute Gasteiger partial charge is 0.279 e. The highest BCUT2D eigenvalue weighted by atomic mass is 32.2. The van der Waals surface area contributed by atoms with Crippen molar-refractivity contribution in [1.82, 2.24) is 14.3 Å². The Kier molecular flexibility index (Phi) is 8.25. The fourth-order valence-corrected chi connectivity index (χ4v) is 2.55. The van der Waals surface area contributed by atoms with Crippen molar-refractivity contribution in [3.05, 3.63) is 0 Å². The first kappa shape index (κ1) is 19.8. The second-order valence-corrected chi connectivity index (χ2v) is 8.62. The summed E-state index contributed by atoms with van der Waals surface area (Å²) in [5.74, 6) is 0.422. The van der Waals surface area contributed by atoms with Crippen LogP contribution in [0.5, 0.6) is 0 Å². The number of nitrogens with one attached hydrogen (secondary N) is 2. The molecule has 0 saturated heterocycles. The zero-order chi connectivity index (χ0) is 16.0.